The van der Waals surface area contributed by atoms with Crippen molar-refractivity contribution in [2.45, 2.75) is 76.2 Å². The first-order valence-corrected chi connectivity index (χ1v) is 15.0. The van der Waals surface area contributed by atoms with Crippen molar-refractivity contribution in [2.24, 2.45) is 17.8 Å². The molecule has 1 aromatic rings. The van der Waals surface area contributed by atoms with Gasteiger partial charge in [0.2, 0.25) is 11.8 Å². The van der Waals surface area contributed by atoms with E-state index >= 15 is 0 Å². The highest BCUT2D eigenvalue weighted by molar-refractivity contribution is 5.96. The molecule has 4 N–H and O–H groups in total. The van der Waals surface area contributed by atoms with Crippen LogP contribution in [0.15, 0.2) is 23.8 Å². The van der Waals surface area contributed by atoms with Gasteiger partial charge in [0.05, 0.1) is 32.3 Å². The molecule has 2 amide bonds. The van der Waals surface area contributed by atoms with Crippen molar-refractivity contribution in [2.75, 3.05) is 40.0 Å². The van der Waals surface area contributed by atoms with Gasteiger partial charge in [-0.15, -0.1) is 0 Å². The number of carbonyl (C=O) groups excluding carboxylic acids is 2. The lowest BCUT2D eigenvalue weighted by atomic mass is 9.77. The van der Waals surface area contributed by atoms with Crippen LogP contribution in [0.4, 0.5) is 0 Å². The molecule has 2 fully saturated rings. The van der Waals surface area contributed by atoms with Crippen molar-refractivity contribution in [1.82, 2.24) is 10.2 Å². The molecule has 1 heterocycles. The molecule has 3 aliphatic carbocycles. The number of amides is 2. The molecule has 1 aliphatic heterocycles. The van der Waals surface area contributed by atoms with Crippen molar-refractivity contribution in [3.63, 3.8) is 0 Å². The van der Waals surface area contributed by atoms with Gasteiger partial charge in [-0.1, -0.05) is 6.42 Å². The van der Waals surface area contributed by atoms with Crippen molar-refractivity contribution in [3.05, 3.63) is 34.9 Å². The van der Waals surface area contributed by atoms with E-state index in [1.165, 1.54) is 26.4 Å². The summed E-state index contributed by atoms with van der Waals surface area (Å²) < 4.78 is 17.4. The van der Waals surface area contributed by atoms with E-state index in [0.29, 0.717) is 72.6 Å². The van der Waals surface area contributed by atoms with Gasteiger partial charge in [0, 0.05) is 43.9 Å². The third-order valence-corrected chi connectivity index (χ3v) is 9.39. The van der Waals surface area contributed by atoms with E-state index in [-0.39, 0.29) is 25.7 Å². The van der Waals surface area contributed by atoms with Crippen LogP contribution in [-0.2, 0) is 20.9 Å². The molecule has 10 nitrogen and oxygen atoms in total. The molecule has 2 bridgehead atoms. The molecular formula is C31H44N2O8. The summed E-state index contributed by atoms with van der Waals surface area (Å²) in [7, 11) is 1.50. The summed E-state index contributed by atoms with van der Waals surface area (Å²) in [5.41, 5.74) is 1.59. The zero-order chi connectivity index (χ0) is 29.1. The minimum absolute atomic E-state index is 0.0245. The van der Waals surface area contributed by atoms with Crippen molar-refractivity contribution in [3.8, 4) is 11.5 Å². The molecule has 226 valence electrons. The Balaban J connectivity index is 1.49. The summed E-state index contributed by atoms with van der Waals surface area (Å²) in [6, 6.07) is 2.66. The van der Waals surface area contributed by atoms with Gasteiger partial charge in [-0.2, -0.15) is 0 Å². The Morgan fingerprint density at radius 3 is 2.68 bits per heavy atom. The standard InChI is InChI=1S/C31H44N2O8/c1-3-40-10-4-8-33(26(36)15-21-12-18-5-6-20(21)11-18)24-16-23(31(38)32-7-9-34)27-22-13-19(17-35)14-25(39-2)29(22)41-30(27)28(24)37/h13-14,16,18,20-21,24,27-28,30,34-35,37H,3-12,15,17H2,1-2H3,(H,32,38)/t18?,20?,21?,24-,27+,28+,30+/m1/s1. The molecule has 4 aliphatic rings. The first-order valence-electron chi connectivity index (χ1n) is 15.0. The second-order valence-electron chi connectivity index (χ2n) is 11.8. The molecular weight excluding hydrogens is 528 g/mol. The number of hydrogen-bond acceptors (Lipinski definition) is 8. The van der Waals surface area contributed by atoms with E-state index < -0.39 is 30.1 Å². The fourth-order valence-corrected chi connectivity index (χ4v) is 7.51. The van der Waals surface area contributed by atoms with Gasteiger partial charge < -0.3 is 39.7 Å². The van der Waals surface area contributed by atoms with E-state index in [9.17, 15) is 24.9 Å². The fraction of sp³-hybridized carbons (Fsp3) is 0.677. The van der Waals surface area contributed by atoms with Gasteiger partial charge in [0.1, 0.15) is 12.2 Å². The zero-order valence-corrected chi connectivity index (χ0v) is 24.1. The number of aliphatic hydroxyl groups is 3. The van der Waals surface area contributed by atoms with Crippen LogP contribution in [0.1, 0.15) is 62.5 Å². The Kier molecular flexibility index (Phi) is 9.53. The molecule has 7 atom stereocenters. The number of hydrogen-bond donors (Lipinski definition) is 4. The molecule has 5 rings (SSSR count). The maximum atomic E-state index is 13.9. The summed E-state index contributed by atoms with van der Waals surface area (Å²) in [6.07, 6.45) is 5.50. The van der Waals surface area contributed by atoms with Crippen LogP contribution in [0.25, 0.3) is 0 Å². The normalized spacial score (nSPS) is 29.4. The van der Waals surface area contributed by atoms with Gasteiger partial charge in [-0.25, -0.2) is 0 Å². The van der Waals surface area contributed by atoms with Crippen LogP contribution in [0.5, 0.6) is 11.5 Å². The maximum Gasteiger partial charge on any atom is 0.247 e. The summed E-state index contributed by atoms with van der Waals surface area (Å²) >= 11 is 0. The van der Waals surface area contributed by atoms with Gasteiger partial charge in [0.25, 0.3) is 0 Å². The second-order valence-corrected chi connectivity index (χ2v) is 11.8. The average Bonchev–Trinajstić information content (AvgIpc) is 3.71. The number of methoxy groups -OCH3 is 1. The molecule has 0 saturated heterocycles. The van der Waals surface area contributed by atoms with Crippen LogP contribution in [0, 0.1) is 17.8 Å². The molecule has 0 radical (unpaired) electrons. The number of benzene rings is 1. The number of aliphatic hydroxyl groups excluding tert-OH is 3. The third kappa shape index (κ3) is 5.98. The Morgan fingerprint density at radius 1 is 1.20 bits per heavy atom. The van der Waals surface area contributed by atoms with Gasteiger partial charge in [0.15, 0.2) is 11.5 Å². The average molecular weight is 573 g/mol. The van der Waals surface area contributed by atoms with Crippen LogP contribution in [0.3, 0.4) is 0 Å². The lowest BCUT2D eigenvalue weighted by molar-refractivity contribution is -0.138. The molecule has 0 aromatic heterocycles. The first kappa shape index (κ1) is 29.8. The predicted molar refractivity (Wildman–Crippen MR) is 150 cm³/mol. The molecule has 10 heteroatoms. The lowest BCUT2D eigenvalue weighted by Crippen LogP contribution is -2.56. The SMILES string of the molecule is CCOCCCN(C(=O)CC1CC2CCC1C2)[C@@H]1C=C(C(=O)NCCO)[C@@H]2c3cc(CO)cc(OC)c3O[C@@H]2[C@H]1O. The quantitative estimate of drug-likeness (QED) is 0.263. The van der Waals surface area contributed by atoms with Crippen molar-refractivity contribution in [1.29, 1.82) is 0 Å². The maximum absolute atomic E-state index is 13.9. The number of nitrogens with zero attached hydrogens (tertiary/aromatic N) is 1. The Hall–Kier alpha value is -2.66. The van der Waals surface area contributed by atoms with Crippen molar-refractivity contribution < 1.29 is 39.1 Å². The number of fused-ring (bicyclic) bond motifs is 5. The Bertz CT molecular complexity index is 1140. The van der Waals surface area contributed by atoms with E-state index in [2.05, 4.69) is 5.32 Å². The summed E-state index contributed by atoms with van der Waals surface area (Å²) in [5, 5.41) is 33.8. The first-order chi connectivity index (χ1) is 19.9. The predicted octanol–water partition coefficient (Wildman–Crippen LogP) is 1.89. The highest BCUT2D eigenvalue weighted by atomic mass is 16.5. The zero-order valence-electron chi connectivity index (χ0n) is 24.1. The van der Waals surface area contributed by atoms with Gasteiger partial charge in [-0.05, 0) is 74.1 Å². The summed E-state index contributed by atoms with van der Waals surface area (Å²) in [6.45, 7) is 2.98. The number of rotatable bonds is 13. The number of carbonyl (C=O) groups is 2. The molecule has 0 spiro atoms. The smallest absolute Gasteiger partial charge is 0.247 e. The highest BCUT2D eigenvalue weighted by Crippen LogP contribution is 2.52. The van der Waals surface area contributed by atoms with Crippen molar-refractivity contribution >= 4 is 11.8 Å². The monoisotopic (exact) mass is 572 g/mol. The van der Waals surface area contributed by atoms with Crippen LogP contribution in [-0.4, -0.2) is 90.3 Å². The lowest BCUT2D eigenvalue weighted by Gasteiger charge is -2.41. The Morgan fingerprint density at radius 2 is 2.02 bits per heavy atom. The summed E-state index contributed by atoms with van der Waals surface area (Å²) in [4.78, 5) is 29.2. The molecule has 41 heavy (non-hydrogen) atoms. The van der Waals surface area contributed by atoms with E-state index in [1.807, 2.05) is 6.92 Å². The summed E-state index contributed by atoms with van der Waals surface area (Å²) in [5.74, 6) is 1.42. The largest absolute Gasteiger partial charge is 0.493 e. The second kappa shape index (κ2) is 13.1. The highest BCUT2D eigenvalue weighted by Gasteiger charge is 2.52. The van der Waals surface area contributed by atoms with E-state index in [4.69, 9.17) is 14.2 Å². The number of ether oxygens (including phenoxy) is 3. The van der Waals surface area contributed by atoms with E-state index in [0.717, 1.165) is 12.3 Å². The molecule has 2 saturated carbocycles. The van der Waals surface area contributed by atoms with Crippen LogP contribution < -0.4 is 14.8 Å². The third-order valence-electron chi connectivity index (χ3n) is 9.39. The molecule has 1 aromatic carbocycles. The Labute approximate surface area is 241 Å². The fourth-order valence-electron chi connectivity index (χ4n) is 7.51. The topological polar surface area (TPSA) is 138 Å². The molecule has 3 unspecified atom stereocenters. The van der Waals surface area contributed by atoms with Gasteiger partial charge >= 0.3 is 0 Å². The number of nitrogens with one attached hydrogen (secondary N) is 1. The van der Waals surface area contributed by atoms with E-state index in [1.54, 1.807) is 23.1 Å². The van der Waals surface area contributed by atoms with Crippen LogP contribution in [0.2, 0.25) is 0 Å². The van der Waals surface area contributed by atoms with Gasteiger partial charge in [-0.3, -0.25) is 9.59 Å². The minimum Gasteiger partial charge on any atom is -0.493 e. The van der Waals surface area contributed by atoms with Crippen LogP contribution >= 0.6 is 0 Å². The minimum atomic E-state index is -1.11.